The Labute approximate surface area is 378 Å². The van der Waals surface area contributed by atoms with Crippen molar-refractivity contribution >= 4 is 17.9 Å². The molecule has 0 aromatic carbocycles. The Morgan fingerprint density at radius 2 is 0.639 bits per heavy atom. The summed E-state index contributed by atoms with van der Waals surface area (Å²) in [5, 5.41) is 0. The lowest BCUT2D eigenvalue weighted by atomic mass is 10.1. The molecule has 0 aliphatic carbocycles. The van der Waals surface area contributed by atoms with E-state index in [1.54, 1.807) is 0 Å². The number of rotatable bonds is 47. The van der Waals surface area contributed by atoms with Gasteiger partial charge in [-0.25, -0.2) is 0 Å². The van der Waals surface area contributed by atoms with Crippen molar-refractivity contribution in [3.8, 4) is 0 Å². The molecule has 0 spiro atoms. The largest absolute Gasteiger partial charge is 0.462 e. The lowest BCUT2D eigenvalue weighted by Gasteiger charge is -2.18. The first-order valence-corrected chi connectivity index (χ1v) is 26.1. The van der Waals surface area contributed by atoms with Gasteiger partial charge in [-0.3, -0.25) is 14.4 Å². The molecular formula is C55H98O6. The summed E-state index contributed by atoms with van der Waals surface area (Å²) in [5.74, 6) is -0.894. The Balaban J connectivity index is 4.37. The van der Waals surface area contributed by atoms with E-state index in [4.69, 9.17) is 14.2 Å². The summed E-state index contributed by atoms with van der Waals surface area (Å²) in [4.78, 5) is 37.9. The van der Waals surface area contributed by atoms with E-state index in [1.165, 1.54) is 128 Å². The minimum Gasteiger partial charge on any atom is -0.462 e. The molecule has 0 N–H and O–H groups in total. The number of esters is 3. The Hall–Kier alpha value is -2.63. The molecular weight excluding hydrogens is 757 g/mol. The summed E-state index contributed by atoms with van der Waals surface area (Å²) in [7, 11) is 0. The van der Waals surface area contributed by atoms with Crippen molar-refractivity contribution in [2.45, 2.75) is 271 Å². The number of allylic oxidation sites excluding steroid dienone is 8. The Bertz CT molecular complexity index is 1070. The molecule has 0 bridgehead atoms. The van der Waals surface area contributed by atoms with Crippen LogP contribution in [0, 0.1) is 0 Å². The normalized spacial score (nSPS) is 12.4. The van der Waals surface area contributed by atoms with Crippen molar-refractivity contribution in [2.75, 3.05) is 13.2 Å². The van der Waals surface area contributed by atoms with Crippen LogP contribution in [0.2, 0.25) is 0 Å². The molecule has 0 amide bonds. The third kappa shape index (κ3) is 48.3. The molecule has 0 fully saturated rings. The van der Waals surface area contributed by atoms with Gasteiger partial charge in [0.05, 0.1) is 0 Å². The predicted octanol–water partition coefficient (Wildman–Crippen LogP) is 17.1. The van der Waals surface area contributed by atoms with Crippen LogP contribution in [-0.2, 0) is 28.6 Å². The van der Waals surface area contributed by atoms with E-state index in [0.717, 1.165) is 96.3 Å². The fraction of sp³-hybridized carbons (Fsp3) is 0.800. The van der Waals surface area contributed by atoms with Crippen molar-refractivity contribution in [1.29, 1.82) is 0 Å². The molecule has 0 aliphatic heterocycles. The van der Waals surface area contributed by atoms with Gasteiger partial charge in [-0.1, -0.05) is 217 Å². The average Bonchev–Trinajstić information content (AvgIpc) is 3.26. The van der Waals surface area contributed by atoms with E-state index in [1.807, 2.05) is 0 Å². The summed E-state index contributed by atoms with van der Waals surface area (Å²) in [5.41, 5.74) is 0. The van der Waals surface area contributed by atoms with E-state index in [-0.39, 0.29) is 31.1 Å². The minimum atomic E-state index is -0.780. The van der Waals surface area contributed by atoms with Crippen LogP contribution in [0.3, 0.4) is 0 Å². The molecule has 0 aliphatic rings. The molecule has 0 saturated heterocycles. The highest BCUT2D eigenvalue weighted by molar-refractivity contribution is 5.71. The molecule has 0 saturated carbocycles. The second kappa shape index (κ2) is 50.0. The van der Waals surface area contributed by atoms with Crippen molar-refractivity contribution in [1.82, 2.24) is 0 Å². The Kier molecular flexibility index (Phi) is 47.9. The van der Waals surface area contributed by atoms with Gasteiger partial charge in [0.15, 0.2) is 6.10 Å². The number of unbranched alkanes of at least 4 members (excludes halogenated alkanes) is 28. The molecule has 0 radical (unpaired) electrons. The van der Waals surface area contributed by atoms with Crippen LogP contribution in [0.15, 0.2) is 48.6 Å². The highest BCUT2D eigenvalue weighted by Gasteiger charge is 2.19. The highest BCUT2D eigenvalue weighted by atomic mass is 16.6. The number of hydrogen-bond donors (Lipinski definition) is 0. The quantitative estimate of drug-likeness (QED) is 0.0263. The lowest BCUT2D eigenvalue weighted by molar-refractivity contribution is -0.167. The number of carbonyl (C=O) groups is 3. The molecule has 6 nitrogen and oxygen atoms in total. The Morgan fingerprint density at radius 3 is 1.02 bits per heavy atom. The number of ether oxygens (including phenoxy) is 3. The second-order valence-corrected chi connectivity index (χ2v) is 17.4. The van der Waals surface area contributed by atoms with Crippen LogP contribution < -0.4 is 0 Å². The third-order valence-corrected chi connectivity index (χ3v) is 11.3. The maximum Gasteiger partial charge on any atom is 0.306 e. The second-order valence-electron chi connectivity index (χ2n) is 17.4. The molecule has 0 heterocycles. The van der Waals surface area contributed by atoms with Gasteiger partial charge in [-0.05, 0) is 77.0 Å². The molecule has 0 unspecified atom stereocenters. The van der Waals surface area contributed by atoms with Gasteiger partial charge in [-0.15, -0.1) is 0 Å². The Morgan fingerprint density at radius 1 is 0.344 bits per heavy atom. The molecule has 0 aromatic heterocycles. The van der Waals surface area contributed by atoms with Crippen LogP contribution >= 0.6 is 0 Å². The predicted molar refractivity (Wildman–Crippen MR) is 261 cm³/mol. The summed E-state index contributed by atoms with van der Waals surface area (Å²) in [6.07, 6.45) is 59.5. The summed E-state index contributed by atoms with van der Waals surface area (Å²) in [6, 6.07) is 0. The summed E-state index contributed by atoms with van der Waals surface area (Å²) in [6.45, 7) is 6.51. The van der Waals surface area contributed by atoms with Gasteiger partial charge in [0, 0.05) is 19.3 Å². The van der Waals surface area contributed by atoms with Crippen LogP contribution in [0.1, 0.15) is 265 Å². The molecule has 61 heavy (non-hydrogen) atoms. The lowest BCUT2D eigenvalue weighted by Crippen LogP contribution is -2.30. The molecule has 0 rings (SSSR count). The zero-order valence-electron chi connectivity index (χ0n) is 40.4. The zero-order valence-corrected chi connectivity index (χ0v) is 40.4. The van der Waals surface area contributed by atoms with Crippen molar-refractivity contribution < 1.29 is 28.6 Å². The first-order valence-electron chi connectivity index (χ1n) is 26.1. The molecule has 354 valence electrons. The van der Waals surface area contributed by atoms with Gasteiger partial charge in [0.2, 0.25) is 0 Å². The molecule has 1 atom stereocenters. The monoisotopic (exact) mass is 855 g/mol. The van der Waals surface area contributed by atoms with Gasteiger partial charge in [0.1, 0.15) is 13.2 Å². The highest BCUT2D eigenvalue weighted by Crippen LogP contribution is 2.15. The SMILES string of the molecule is CC/C=C\C/C=C\C/C=C\CCCCCCCC(=O)O[C@@H](COC(=O)CCCCCCCCC/C=C\CCCCCCCC)COC(=O)CCCCCCCCCCCCC. The maximum atomic E-state index is 12.8. The number of hydrogen-bond acceptors (Lipinski definition) is 6. The van der Waals surface area contributed by atoms with Crippen LogP contribution in [-0.4, -0.2) is 37.2 Å². The van der Waals surface area contributed by atoms with Gasteiger partial charge < -0.3 is 14.2 Å². The van der Waals surface area contributed by atoms with E-state index < -0.39 is 6.10 Å². The smallest absolute Gasteiger partial charge is 0.306 e. The van der Waals surface area contributed by atoms with Gasteiger partial charge >= 0.3 is 17.9 Å². The average molecular weight is 855 g/mol. The maximum absolute atomic E-state index is 12.8. The van der Waals surface area contributed by atoms with Crippen molar-refractivity contribution in [2.24, 2.45) is 0 Å². The van der Waals surface area contributed by atoms with Crippen LogP contribution in [0.4, 0.5) is 0 Å². The van der Waals surface area contributed by atoms with Crippen molar-refractivity contribution in [3.05, 3.63) is 48.6 Å². The van der Waals surface area contributed by atoms with Gasteiger partial charge in [0.25, 0.3) is 0 Å². The topological polar surface area (TPSA) is 78.9 Å². The van der Waals surface area contributed by atoms with E-state index >= 15 is 0 Å². The number of carbonyl (C=O) groups excluding carboxylic acids is 3. The van der Waals surface area contributed by atoms with E-state index in [2.05, 4.69) is 69.4 Å². The summed E-state index contributed by atoms with van der Waals surface area (Å²) < 4.78 is 16.8. The van der Waals surface area contributed by atoms with Crippen LogP contribution in [0.5, 0.6) is 0 Å². The summed E-state index contributed by atoms with van der Waals surface area (Å²) >= 11 is 0. The zero-order chi connectivity index (χ0) is 44.4. The van der Waals surface area contributed by atoms with E-state index in [0.29, 0.717) is 19.3 Å². The third-order valence-electron chi connectivity index (χ3n) is 11.3. The fourth-order valence-corrected chi connectivity index (χ4v) is 7.39. The fourth-order valence-electron chi connectivity index (χ4n) is 7.39. The standard InChI is InChI=1S/C55H98O6/c1-4-7-10-13-16-19-22-24-26-27-29-30-33-36-39-42-45-48-54(57)60-51-52(50-59-53(56)47-44-41-38-35-32-21-18-15-12-9-6-3)61-55(58)49-46-43-40-37-34-31-28-25-23-20-17-14-11-8-5-2/h8,11,17,20,24-26,28,52H,4-7,9-10,12-16,18-19,21-23,27,29-51H2,1-3H3/b11-8-,20-17-,26-24-,28-25-/t52-/m1/s1. The minimum absolute atomic E-state index is 0.0793. The first-order chi connectivity index (χ1) is 30.0. The van der Waals surface area contributed by atoms with Gasteiger partial charge in [-0.2, -0.15) is 0 Å². The van der Waals surface area contributed by atoms with Crippen molar-refractivity contribution in [3.63, 3.8) is 0 Å². The van der Waals surface area contributed by atoms with E-state index in [9.17, 15) is 14.4 Å². The molecule has 0 aromatic rings. The first kappa shape index (κ1) is 58.4. The van der Waals surface area contributed by atoms with Crippen LogP contribution in [0.25, 0.3) is 0 Å². The molecule has 6 heteroatoms.